The first-order valence-electron chi connectivity index (χ1n) is 22.6. The van der Waals surface area contributed by atoms with Gasteiger partial charge in [-0.15, -0.1) is 0 Å². The van der Waals surface area contributed by atoms with E-state index in [0.717, 1.165) is 110 Å². The van der Waals surface area contributed by atoms with E-state index in [1.807, 2.05) is 18.2 Å². The minimum atomic E-state index is 0.533. The van der Waals surface area contributed by atoms with E-state index in [4.69, 9.17) is 23.8 Å². The fraction of sp³-hybridized carbons (Fsp3) is 0. The second-order valence-corrected chi connectivity index (χ2v) is 17.6. The van der Waals surface area contributed by atoms with Crippen LogP contribution in [0.25, 0.3) is 149 Å². The SMILES string of the molecule is c1ccc2cc(-c3nc(-c4ccc5c(c4)oc4ccccc45)nc(-c4c(-n5c6cc7ccccc7cc6c6cc7ccccc7cc65)ccc5oc6cc7ccccc7cc6c45)n3)ccc2c1. The quantitative estimate of drug-likeness (QED) is 0.176. The van der Waals surface area contributed by atoms with Crippen molar-refractivity contribution in [2.45, 2.75) is 0 Å². The van der Waals surface area contributed by atoms with E-state index in [-0.39, 0.29) is 0 Å². The molecule has 310 valence electrons. The van der Waals surface area contributed by atoms with E-state index in [2.05, 4.69) is 193 Å². The Labute approximate surface area is 381 Å². The van der Waals surface area contributed by atoms with Gasteiger partial charge in [0, 0.05) is 43.4 Å². The highest BCUT2D eigenvalue weighted by Gasteiger charge is 2.26. The zero-order valence-electron chi connectivity index (χ0n) is 35.7. The topological polar surface area (TPSA) is 69.9 Å². The summed E-state index contributed by atoms with van der Waals surface area (Å²) in [7, 11) is 0. The van der Waals surface area contributed by atoms with Crippen LogP contribution in [-0.2, 0) is 0 Å². The average molecular weight is 855 g/mol. The van der Waals surface area contributed by atoms with Crippen LogP contribution < -0.4 is 0 Å². The van der Waals surface area contributed by atoms with Gasteiger partial charge in [-0.05, 0) is 116 Å². The molecule has 0 unspecified atom stereocenters. The third-order valence-electron chi connectivity index (χ3n) is 13.7. The van der Waals surface area contributed by atoms with Gasteiger partial charge in [-0.25, -0.2) is 15.0 Å². The van der Waals surface area contributed by atoms with Crippen molar-refractivity contribution in [2.75, 3.05) is 0 Å². The first-order valence-corrected chi connectivity index (χ1v) is 22.6. The van der Waals surface area contributed by atoms with Crippen molar-refractivity contribution in [2.24, 2.45) is 0 Å². The van der Waals surface area contributed by atoms with Crippen LogP contribution in [0.5, 0.6) is 0 Å². The molecule has 0 aliphatic carbocycles. The van der Waals surface area contributed by atoms with Crippen LogP contribution in [-0.4, -0.2) is 19.5 Å². The number of hydrogen-bond donors (Lipinski definition) is 0. The summed E-state index contributed by atoms with van der Waals surface area (Å²) in [6, 6.07) is 72.9. The van der Waals surface area contributed by atoms with Crippen molar-refractivity contribution in [3.8, 4) is 39.9 Å². The normalized spacial score (nSPS) is 12.2. The molecular formula is C61H34N4O2. The lowest BCUT2D eigenvalue weighted by Crippen LogP contribution is -2.04. The largest absolute Gasteiger partial charge is 0.456 e. The Balaban J connectivity index is 1.10. The van der Waals surface area contributed by atoms with E-state index in [0.29, 0.717) is 17.5 Å². The molecule has 11 aromatic carbocycles. The Morgan fingerprint density at radius 3 is 1.45 bits per heavy atom. The summed E-state index contributed by atoms with van der Waals surface area (Å²) >= 11 is 0. The minimum absolute atomic E-state index is 0.533. The third kappa shape index (κ3) is 5.47. The molecule has 0 spiro atoms. The first-order chi connectivity index (χ1) is 33.1. The number of para-hydroxylation sites is 1. The van der Waals surface area contributed by atoms with Gasteiger partial charge in [0.15, 0.2) is 17.5 Å². The van der Waals surface area contributed by atoms with Gasteiger partial charge in [0.1, 0.15) is 22.3 Å². The van der Waals surface area contributed by atoms with Gasteiger partial charge in [0.25, 0.3) is 0 Å². The molecule has 0 N–H and O–H groups in total. The molecule has 15 aromatic rings. The van der Waals surface area contributed by atoms with E-state index < -0.39 is 0 Å². The molecule has 0 aliphatic rings. The number of furan rings is 2. The van der Waals surface area contributed by atoms with Crippen molar-refractivity contribution < 1.29 is 8.83 Å². The summed E-state index contributed by atoms with van der Waals surface area (Å²) in [6.07, 6.45) is 0. The molecule has 0 bridgehead atoms. The maximum Gasteiger partial charge on any atom is 0.166 e. The minimum Gasteiger partial charge on any atom is -0.456 e. The number of nitrogens with zero attached hydrogens (tertiary/aromatic N) is 4. The second-order valence-electron chi connectivity index (χ2n) is 17.6. The molecule has 0 saturated heterocycles. The average Bonchev–Trinajstić information content (AvgIpc) is 4.04. The molecule has 0 radical (unpaired) electrons. The Morgan fingerprint density at radius 1 is 0.299 bits per heavy atom. The van der Waals surface area contributed by atoms with Gasteiger partial charge in [-0.3, -0.25) is 0 Å². The number of aromatic nitrogens is 4. The molecule has 6 heteroatoms. The molecule has 4 heterocycles. The number of hydrogen-bond acceptors (Lipinski definition) is 5. The maximum atomic E-state index is 6.85. The van der Waals surface area contributed by atoms with Crippen LogP contribution in [0.4, 0.5) is 0 Å². The van der Waals surface area contributed by atoms with Crippen LogP contribution in [0, 0.1) is 0 Å². The van der Waals surface area contributed by atoms with Crippen LogP contribution in [0.15, 0.2) is 215 Å². The Bertz CT molecular complexity index is 4500. The molecule has 15 rings (SSSR count). The van der Waals surface area contributed by atoms with Crippen molar-refractivity contribution in [3.05, 3.63) is 206 Å². The molecule has 0 atom stereocenters. The summed E-state index contributed by atoms with van der Waals surface area (Å²) in [5.41, 5.74) is 8.82. The second kappa shape index (κ2) is 13.7. The van der Waals surface area contributed by atoms with Crippen molar-refractivity contribution in [1.82, 2.24) is 19.5 Å². The zero-order valence-corrected chi connectivity index (χ0v) is 35.7. The lowest BCUT2D eigenvalue weighted by molar-refractivity contribution is 0.669. The number of benzene rings is 11. The highest BCUT2D eigenvalue weighted by Crippen LogP contribution is 2.45. The fourth-order valence-corrected chi connectivity index (χ4v) is 10.5. The number of rotatable bonds is 4. The van der Waals surface area contributed by atoms with E-state index >= 15 is 0 Å². The van der Waals surface area contributed by atoms with E-state index in [1.54, 1.807) is 0 Å². The molecule has 67 heavy (non-hydrogen) atoms. The summed E-state index contributed by atoms with van der Waals surface area (Å²) in [6.45, 7) is 0. The van der Waals surface area contributed by atoms with Gasteiger partial charge in [0.2, 0.25) is 0 Å². The van der Waals surface area contributed by atoms with Crippen LogP contribution in [0.2, 0.25) is 0 Å². The predicted molar refractivity (Wildman–Crippen MR) is 275 cm³/mol. The zero-order chi connectivity index (χ0) is 43.7. The lowest BCUT2D eigenvalue weighted by Gasteiger charge is -2.16. The standard InChI is InChI=1S/C61H34N4O2/c1-2-12-36-27-43(22-21-35(36)11-1)59-62-60(44-23-24-46-45-19-9-10-20-53(45)66-55(46)34-44)64-61(63-59)58-50(25-26-54-57(58)49-30-39-15-5-8-18-42(39)33-56(49)67-54)65-51-31-40-16-6-3-13-37(40)28-47(51)48-29-38-14-4-7-17-41(38)32-52(48)65/h1-34H. The highest BCUT2D eigenvalue weighted by atomic mass is 16.3. The lowest BCUT2D eigenvalue weighted by atomic mass is 10.00. The third-order valence-corrected chi connectivity index (χ3v) is 13.7. The number of fused-ring (bicyclic) bond motifs is 13. The fourth-order valence-electron chi connectivity index (χ4n) is 10.5. The van der Waals surface area contributed by atoms with Crippen molar-refractivity contribution in [3.63, 3.8) is 0 Å². The van der Waals surface area contributed by atoms with E-state index in [9.17, 15) is 0 Å². The van der Waals surface area contributed by atoms with Gasteiger partial charge in [0.05, 0.1) is 22.3 Å². The maximum absolute atomic E-state index is 6.85. The molecule has 6 nitrogen and oxygen atoms in total. The van der Waals surface area contributed by atoms with Crippen LogP contribution in [0.1, 0.15) is 0 Å². The summed E-state index contributed by atoms with van der Waals surface area (Å²) in [5, 5.41) is 15.5. The Kier molecular flexibility index (Phi) is 7.40. The molecule has 0 saturated carbocycles. The van der Waals surface area contributed by atoms with E-state index in [1.165, 1.54) is 21.5 Å². The van der Waals surface area contributed by atoms with Crippen LogP contribution in [0.3, 0.4) is 0 Å². The summed E-state index contributed by atoms with van der Waals surface area (Å²) in [4.78, 5) is 16.4. The molecule has 0 aliphatic heterocycles. The van der Waals surface area contributed by atoms with Gasteiger partial charge < -0.3 is 13.4 Å². The molecule has 0 amide bonds. The Hall–Kier alpha value is -9.13. The monoisotopic (exact) mass is 854 g/mol. The molecule has 4 aromatic heterocycles. The molecular weight excluding hydrogens is 821 g/mol. The first kappa shape index (κ1) is 36.2. The van der Waals surface area contributed by atoms with Gasteiger partial charge in [-0.1, -0.05) is 133 Å². The Morgan fingerprint density at radius 2 is 0.776 bits per heavy atom. The summed E-state index contributed by atoms with van der Waals surface area (Å²) < 4.78 is 15.7. The van der Waals surface area contributed by atoms with Gasteiger partial charge in [-0.2, -0.15) is 0 Å². The summed E-state index contributed by atoms with van der Waals surface area (Å²) in [5.74, 6) is 1.64. The highest BCUT2D eigenvalue weighted by molar-refractivity contribution is 6.20. The van der Waals surface area contributed by atoms with Crippen molar-refractivity contribution in [1.29, 1.82) is 0 Å². The van der Waals surface area contributed by atoms with Crippen LogP contribution >= 0.6 is 0 Å². The van der Waals surface area contributed by atoms with Gasteiger partial charge >= 0.3 is 0 Å². The van der Waals surface area contributed by atoms with Crippen molar-refractivity contribution >= 4 is 109 Å². The molecule has 0 fully saturated rings. The predicted octanol–water partition coefficient (Wildman–Crippen LogP) is 16.4. The smallest absolute Gasteiger partial charge is 0.166 e.